The Labute approximate surface area is 177 Å². The molecule has 0 aliphatic rings. The van der Waals surface area contributed by atoms with Crippen LogP contribution in [0.4, 0.5) is 11.5 Å². The Bertz CT molecular complexity index is 1010. The Kier molecular flexibility index (Phi) is 6.69. The Morgan fingerprint density at radius 3 is 2.38 bits per heavy atom. The maximum absolute atomic E-state index is 12.3. The zero-order chi connectivity index (χ0) is 20.8. The van der Waals surface area contributed by atoms with Crippen molar-refractivity contribution in [3.8, 4) is 5.75 Å². The van der Waals surface area contributed by atoms with Crippen molar-refractivity contribution in [1.82, 2.24) is 4.98 Å². The van der Waals surface area contributed by atoms with Gasteiger partial charge >= 0.3 is 0 Å². The molecule has 0 unspecified atom stereocenters. The molecule has 0 aliphatic heterocycles. The summed E-state index contributed by atoms with van der Waals surface area (Å²) in [5.41, 5.74) is 1.05. The van der Waals surface area contributed by atoms with Gasteiger partial charge in [0, 0.05) is 22.5 Å². The molecule has 0 fully saturated rings. The summed E-state index contributed by atoms with van der Waals surface area (Å²) in [6.07, 6.45) is 0.675. The van der Waals surface area contributed by atoms with Crippen LogP contribution in [0.3, 0.4) is 0 Å². The number of benzene rings is 2. The molecule has 0 saturated heterocycles. The van der Waals surface area contributed by atoms with Crippen molar-refractivity contribution < 1.29 is 14.3 Å². The molecule has 3 aromatic rings. The number of nitrogens with one attached hydrogen (secondary N) is 2. The Balaban J connectivity index is 1.57. The predicted octanol–water partition coefficient (Wildman–Crippen LogP) is 5.05. The van der Waals surface area contributed by atoms with Gasteiger partial charge in [0.15, 0.2) is 6.10 Å². The largest absolute Gasteiger partial charge is 0.481 e. The summed E-state index contributed by atoms with van der Waals surface area (Å²) in [7, 11) is 0. The van der Waals surface area contributed by atoms with Gasteiger partial charge in [-0.25, -0.2) is 4.98 Å². The molecule has 1 heterocycles. The van der Waals surface area contributed by atoms with Crippen LogP contribution in [0.2, 0.25) is 10.0 Å². The quantitative estimate of drug-likeness (QED) is 0.574. The fraction of sp³-hybridized carbons (Fsp3) is 0.0952. The summed E-state index contributed by atoms with van der Waals surface area (Å²) in [5.74, 6) is 0.194. The third-order valence-corrected chi connectivity index (χ3v) is 4.32. The monoisotopic (exact) mass is 429 g/mol. The molecule has 6 nitrogen and oxygen atoms in total. The number of aromatic nitrogens is 1. The lowest BCUT2D eigenvalue weighted by atomic mass is 10.2. The minimum atomic E-state index is -0.765. The first-order valence-electron chi connectivity index (χ1n) is 8.67. The number of hydrogen-bond donors (Lipinski definition) is 2. The van der Waals surface area contributed by atoms with Crippen LogP contribution >= 0.6 is 23.2 Å². The van der Waals surface area contributed by atoms with Crippen LogP contribution in [0, 0.1) is 0 Å². The molecule has 0 bridgehead atoms. The molecule has 148 valence electrons. The molecule has 0 aliphatic carbocycles. The molecule has 8 heteroatoms. The summed E-state index contributed by atoms with van der Waals surface area (Å²) >= 11 is 11.7. The van der Waals surface area contributed by atoms with Crippen LogP contribution < -0.4 is 15.4 Å². The van der Waals surface area contributed by atoms with Gasteiger partial charge in [-0.15, -0.1) is 0 Å². The van der Waals surface area contributed by atoms with E-state index in [9.17, 15) is 9.59 Å². The van der Waals surface area contributed by atoms with E-state index in [-0.39, 0.29) is 11.8 Å². The molecule has 0 spiro atoms. The molecule has 2 N–H and O–H groups in total. The minimum Gasteiger partial charge on any atom is -0.481 e. The van der Waals surface area contributed by atoms with Crippen molar-refractivity contribution in [2.45, 2.75) is 13.0 Å². The number of nitrogens with zero attached hydrogens (tertiary/aromatic N) is 1. The smallest absolute Gasteiger partial charge is 0.266 e. The second-order valence-corrected chi connectivity index (χ2v) is 6.97. The van der Waals surface area contributed by atoms with Crippen LogP contribution in [0.25, 0.3) is 0 Å². The third-order valence-electron chi connectivity index (χ3n) is 3.86. The van der Waals surface area contributed by atoms with Crippen molar-refractivity contribution >= 4 is 46.5 Å². The number of carbonyl (C=O) groups excluding carboxylic acids is 2. The number of anilines is 2. The summed E-state index contributed by atoms with van der Waals surface area (Å²) in [5, 5.41) is 6.42. The number of rotatable bonds is 6. The highest BCUT2D eigenvalue weighted by atomic mass is 35.5. The SMILES string of the molecule is C[C@H](Oc1ccc(C(=O)Nc2cccc(Cl)c2)cc1)C(=O)Nc1ccc(Cl)cn1. The van der Waals surface area contributed by atoms with E-state index in [1.807, 2.05) is 0 Å². The van der Waals surface area contributed by atoms with Crippen molar-refractivity contribution in [2.75, 3.05) is 10.6 Å². The highest BCUT2D eigenvalue weighted by molar-refractivity contribution is 6.31. The fourth-order valence-corrected chi connectivity index (χ4v) is 2.69. The number of hydrogen-bond acceptors (Lipinski definition) is 4. The van der Waals surface area contributed by atoms with E-state index in [0.717, 1.165) is 0 Å². The average molecular weight is 430 g/mol. The third kappa shape index (κ3) is 5.94. The lowest BCUT2D eigenvalue weighted by Crippen LogP contribution is -2.30. The van der Waals surface area contributed by atoms with Crippen molar-refractivity contribution in [3.05, 3.63) is 82.5 Å². The first kappa shape index (κ1) is 20.6. The molecular formula is C21H17Cl2N3O3. The molecular weight excluding hydrogens is 413 g/mol. The number of halogens is 2. The topological polar surface area (TPSA) is 80.3 Å². The van der Waals surface area contributed by atoms with Crippen LogP contribution in [0.1, 0.15) is 17.3 Å². The average Bonchev–Trinajstić information content (AvgIpc) is 2.70. The predicted molar refractivity (Wildman–Crippen MR) is 114 cm³/mol. The van der Waals surface area contributed by atoms with Crippen molar-refractivity contribution in [3.63, 3.8) is 0 Å². The maximum Gasteiger partial charge on any atom is 0.266 e. The van der Waals surface area contributed by atoms with Gasteiger partial charge in [0.1, 0.15) is 11.6 Å². The second kappa shape index (κ2) is 9.41. The van der Waals surface area contributed by atoms with Crippen molar-refractivity contribution in [1.29, 1.82) is 0 Å². The summed E-state index contributed by atoms with van der Waals surface area (Å²) in [4.78, 5) is 28.5. The van der Waals surface area contributed by atoms with Gasteiger partial charge < -0.3 is 15.4 Å². The van der Waals surface area contributed by atoms with E-state index in [0.29, 0.717) is 32.9 Å². The van der Waals surface area contributed by atoms with E-state index >= 15 is 0 Å². The first-order chi connectivity index (χ1) is 13.9. The Morgan fingerprint density at radius 2 is 1.72 bits per heavy atom. The van der Waals surface area contributed by atoms with Gasteiger partial charge in [-0.1, -0.05) is 29.3 Å². The molecule has 1 atom stereocenters. The highest BCUT2D eigenvalue weighted by Gasteiger charge is 2.16. The molecule has 3 rings (SSSR count). The van der Waals surface area contributed by atoms with E-state index in [1.54, 1.807) is 67.6 Å². The standard InChI is InChI=1S/C21H17Cl2N3O3/c1-13(20(27)26-19-10-7-16(23)12-24-19)29-18-8-5-14(6-9-18)21(28)25-17-4-2-3-15(22)11-17/h2-13H,1H3,(H,25,28)(H,24,26,27)/t13-/m0/s1. The number of amides is 2. The van der Waals surface area contributed by atoms with Gasteiger partial charge in [0.2, 0.25) is 0 Å². The van der Waals surface area contributed by atoms with Gasteiger partial charge in [-0.3, -0.25) is 9.59 Å². The molecule has 0 saturated carbocycles. The van der Waals surface area contributed by atoms with E-state index in [1.165, 1.54) is 6.20 Å². The Morgan fingerprint density at radius 1 is 0.966 bits per heavy atom. The van der Waals surface area contributed by atoms with Crippen molar-refractivity contribution in [2.24, 2.45) is 0 Å². The van der Waals surface area contributed by atoms with Gasteiger partial charge in [-0.2, -0.15) is 0 Å². The van der Waals surface area contributed by atoms with Gasteiger partial charge in [-0.05, 0) is 61.5 Å². The molecule has 0 radical (unpaired) electrons. The number of pyridine rings is 1. The highest BCUT2D eigenvalue weighted by Crippen LogP contribution is 2.18. The van der Waals surface area contributed by atoms with Crippen LogP contribution in [-0.4, -0.2) is 22.9 Å². The van der Waals surface area contributed by atoms with Crippen LogP contribution in [-0.2, 0) is 4.79 Å². The first-order valence-corrected chi connectivity index (χ1v) is 9.42. The molecule has 2 aromatic carbocycles. The van der Waals surface area contributed by atoms with E-state index in [2.05, 4.69) is 15.6 Å². The Hall–Kier alpha value is -3.09. The van der Waals surface area contributed by atoms with E-state index < -0.39 is 6.10 Å². The van der Waals surface area contributed by atoms with Crippen LogP contribution in [0.15, 0.2) is 66.9 Å². The summed E-state index contributed by atoms with van der Waals surface area (Å²) in [6, 6.07) is 16.6. The lowest BCUT2D eigenvalue weighted by Gasteiger charge is -2.14. The maximum atomic E-state index is 12.3. The van der Waals surface area contributed by atoms with Crippen LogP contribution in [0.5, 0.6) is 5.75 Å². The fourth-order valence-electron chi connectivity index (χ4n) is 2.39. The van der Waals surface area contributed by atoms with E-state index in [4.69, 9.17) is 27.9 Å². The zero-order valence-electron chi connectivity index (χ0n) is 15.4. The molecule has 2 amide bonds. The minimum absolute atomic E-state index is 0.279. The molecule has 1 aromatic heterocycles. The second-order valence-electron chi connectivity index (χ2n) is 6.10. The zero-order valence-corrected chi connectivity index (χ0v) is 16.9. The molecule has 29 heavy (non-hydrogen) atoms. The normalized spacial score (nSPS) is 11.4. The van der Waals surface area contributed by atoms with Gasteiger partial charge in [0.25, 0.3) is 11.8 Å². The number of carbonyl (C=O) groups is 2. The lowest BCUT2D eigenvalue weighted by molar-refractivity contribution is -0.122. The van der Waals surface area contributed by atoms with Gasteiger partial charge in [0.05, 0.1) is 5.02 Å². The summed E-state index contributed by atoms with van der Waals surface area (Å²) < 4.78 is 5.63. The summed E-state index contributed by atoms with van der Waals surface area (Å²) in [6.45, 7) is 1.62. The number of ether oxygens (including phenoxy) is 1.